The zero-order chi connectivity index (χ0) is 16.9. The maximum atomic E-state index is 11.8. The highest BCUT2D eigenvalue weighted by Crippen LogP contribution is 2.26. The molecule has 0 aliphatic rings. The molecule has 2 heterocycles. The smallest absolute Gasteiger partial charge is 0.291 e. The summed E-state index contributed by atoms with van der Waals surface area (Å²) in [6, 6.07) is 9.26. The number of carbonyl (C=O) groups is 1. The summed E-state index contributed by atoms with van der Waals surface area (Å²) in [5.74, 6) is 0.719. The molecule has 0 aliphatic carbocycles. The number of nitrogens with zero attached hydrogens (tertiary/aromatic N) is 3. The molecule has 1 aromatic carbocycles. The van der Waals surface area contributed by atoms with Crippen LogP contribution < -0.4 is 5.43 Å². The van der Waals surface area contributed by atoms with E-state index >= 15 is 0 Å². The number of aromatic nitrogens is 2. The number of hydrogen-bond donors (Lipinski definition) is 1. The molecule has 0 radical (unpaired) electrons. The minimum absolute atomic E-state index is 0.184. The van der Waals surface area contributed by atoms with Crippen molar-refractivity contribution in [2.45, 2.75) is 6.92 Å². The number of halogens is 1. The van der Waals surface area contributed by atoms with Crippen LogP contribution in [0.1, 0.15) is 21.8 Å². The fourth-order valence-corrected chi connectivity index (χ4v) is 2.13. The summed E-state index contributed by atoms with van der Waals surface area (Å²) in [5.41, 5.74) is 4.41. The molecule has 6 nitrogen and oxygen atoms in total. The van der Waals surface area contributed by atoms with Gasteiger partial charge in [0.15, 0.2) is 0 Å². The van der Waals surface area contributed by atoms with Gasteiger partial charge in [0.05, 0.1) is 12.4 Å². The average molecular weight is 341 g/mol. The van der Waals surface area contributed by atoms with Crippen molar-refractivity contribution < 1.29 is 9.21 Å². The first kappa shape index (κ1) is 15.9. The molecule has 3 rings (SSSR count). The number of benzene rings is 1. The van der Waals surface area contributed by atoms with Crippen LogP contribution in [0.2, 0.25) is 5.02 Å². The number of rotatable bonds is 4. The average Bonchev–Trinajstić information content (AvgIpc) is 3.07. The fraction of sp³-hybridized carbons (Fsp3) is 0.0588. The maximum absolute atomic E-state index is 11.8. The summed E-state index contributed by atoms with van der Waals surface area (Å²) in [4.78, 5) is 19.5. The maximum Gasteiger partial charge on any atom is 0.291 e. The normalized spacial score (nSPS) is 10.9. The predicted molar refractivity (Wildman–Crippen MR) is 91.0 cm³/mol. The van der Waals surface area contributed by atoms with Gasteiger partial charge in [-0.1, -0.05) is 23.7 Å². The first-order chi connectivity index (χ1) is 11.6. The van der Waals surface area contributed by atoms with E-state index < -0.39 is 5.91 Å². The number of carbonyl (C=O) groups excluding carboxylic acids is 1. The predicted octanol–water partition coefficient (Wildman–Crippen LogP) is 3.46. The summed E-state index contributed by atoms with van der Waals surface area (Å²) in [5, 5.41) is 4.52. The Balaban J connectivity index is 1.67. The quantitative estimate of drug-likeness (QED) is 0.582. The summed E-state index contributed by atoms with van der Waals surface area (Å²) in [6.45, 7) is 1.94. The molecular formula is C17H13ClN4O2. The molecule has 0 saturated heterocycles. The first-order valence-corrected chi connectivity index (χ1v) is 7.47. The minimum Gasteiger partial charge on any atom is -0.455 e. The number of hydrazone groups is 1. The molecule has 0 atom stereocenters. The lowest BCUT2D eigenvalue weighted by atomic mass is 10.1. The number of aryl methyl sites for hydroxylation is 1. The lowest BCUT2D eigenvalue weighted by molar-refractivity contribution is 0.0949. The van der Waals surface area contributed by atoms with Crippen molar-refractivity contribution in [2.75, 3.05) is 0 Å². The lowest BCUT2D eigenvalue weighted by Crippen LogP contribution is -2.18. The van der Waals surface area contributed by atoms with E-state index in [1.165, 1.54) is 24.8 Å². The van der Waals surface area contributed by atoms with Gasteiger partial charge in [-0.15, -0.1) is 0 Å². The fourth-order valence-electron chi connectivity index (χ4n) is 1.95. The molecule has 0 spiro atoms. The summed E-state index contributed by atoms with van der Waals surface area (Å²) < 4.78 is 5.66. The highest BCUT2D eigenvalue weighted by molar-refractivity contribution is 6.31. The Morgan fingerprint density at radius 3 is 2.92 bits per heavy atom. The van der Waals surface area contributed by atoms with E-state index in [2.05, 4.69) is 20.5 Å². The van der Waals surface area contributed by atoms with Crippen LogP contribution in [0, 0.1) is 6.92 Å². The van der Waals surface area contributed by atoms with Gasteiger partial charge in [-0.3, -0.25) is 9.78 Å². The van der Waals surface area contributed by atoms with Gasteiger partial charge >= 0.3 is 0 Å². The number of nitrogens with one attached hydrogen (secondary N) is 1. The van der Waals surface area contributed by atoms with Gasteiger partial charge in [0.25, 0.3) is 5.91 Å². The third-order valence-electron chi connectivity index (χ3n) is 3.24. The third-order valence-corrected chi connectivity index (χ3v) is 3.64. The molecule has 3 aromatic rings. The van der Waals surface area contributed by atoms with Gasteiger partial charge in [-0.05, 0) is 30.7 Å². The van der Waals surface area contributed by atoms with E-state index in [9.17, 15) is 4.79 Å². The summed E-state index contributed by atoms with van der Waals surface area (Å²) >= 11 is 6.12. The molecule has 2 aromatic heterocycles. The summed E-state index contributed by atoms with van der Waals surface area (Å²) in [7, 11) is 0. The Labute approximate surface area is 143 Å². The van der Waals surface area contributed by atoms with Crippen LogP contribution in [-0.4, -0.2) is 22.1 Å². The van der Waals surface area contributed by atoms with Gasteiger partial charge < -0.3 is 4.42 Å². The standard InChI is InChI=1S/C17H13ClN4O2/c1-11-2-3-12(8-14(11)18)16-5-4-13(24-16)9-21-22-17(23)15-10-19-6-7-20-15/h2-10H,1H3,(H,22,23). The van der Waals surface area contributed by atoms with E-state index in [0.29, 0.717) is 16.5 Å². The molecule has 120 valence electrons. The van der Waals surface area contributed by atoms with Crippen LogP contribution in [0.25, 0.3) is 11.3 Å². The van der Waals surface area contributed by atoms with Crippen molar-refractivity contribution in [1.29, 1.82) is 0 Å². The monoisotopic (exact) mass is 340 g/mol. The first-order valence-electron chi connectivity index (χ1n) is 7.09. The number of amides is 1. The molecular weight excluding hydrogens is 328 g/mol. The van der Waals surface area contributed by atoms with Gasteiger partial charge in [0.2, 0.25) is 0 Å². The SMILES string of the molecule is Cc1ccc(-c2ccc(C=NNC(=O)c3cnccn3)o2)cc1Cl. The van der Waals surface area contributed by atoms with Crippen LogP contribution in [0.3, 0.4) is 0 Å². The summed E-state index contributed by atoms with van der Waals surface area (Å²) in [6.07, 6.45) is 5.69. The Kier molecular flexibility index (Phi) is 4.67. The zero-order valence-corrected chi connectivity index (χ0v) is 13.5. The van der Waals surface area contributed by atoms with Gasteiger partial charge in [0, 0.05) is 23.0 Å². The topological polar surface area (TPSA) is 80.4 Å². The molecule has 0 fully saturated rings. The molecule has 0 bridgehead atoms. The molecule has 0 saturated carbocycles. The molecule has 24 heavy (non-hydrogen) atoms. The number of furan rings is 1. The Morgan fingerprint density at radius 1 is 1.29 bits per heavy atom. The highest BCUT2D eigenvalue weighted by Gasteiger charge is 2.07. The van der Waals surface area contributed by atoms with Gasteiger partial charge in [0.1, 0.15) is 17.2 Å². The van der Waals surface area contributed by atoms with E-state index in [0.717, 1.165) is 11.1 Å². The van der Waals surface area contributed by atoms with Crippen LogP contribution in [-0.2, 0) is 0 Å². The third kappa shape index (κ3) is 3.67. The Hall–Kier alpha value is -2.99. The van der Waals surface area contributed by atoms with Crippen molar-refractivity contribution in [3.63, 3.8) is 0 Å². The van der Waals surface area contributed by atoms with E-state index in [1.54, 1.807) is 6.07 Å². The Bertz CT molecular complexity index is 891. The van der Waals surface area contributed by atoms with Crippen LogP contribution in [0.4, 0.5) is 0 Å². The lowest BCUT2D eigenvalue weighted by Gasteiger charge is -2.00. The second kappa shape index (κ2) is 7.06. The van der Waals surface area contributed by atoms with E-state index in [-0.39, 0.29) is 5.69 Å². The van der Waals surface area contributed by atoms with Crippen molar-refractivity contribution in [3.05, 3.63) is 71.0 Å². The van der Waals surface area contributed by atoms with Gasteiger partial charge in [-0.25, -0.2) is 10.4 Å². The van der Waals surface area contributed by atoms with Crippen molar-refractivity contribution >= 4 is 23.7 Å². The largest absolute Gasteiger partial charge is 0.455 e. The Morgan fingerprint density at radius 2 is 2.17 bits per heavy atom. The van der Waals surface area contributed by atoms with Crippen LogP contribution in [0.15, 0.2) is 58.4 Å². The second-order valence-electron chi connectivity index (χ2n) is 4.96. The molecule has 1 N–H and O–H groups in total. The molecule has 1 amide bonds. The van der Waals surface area contributed by atoms with Crippen molar-refractivity contribution in [1.82, 2.24) is 15.4 Å². The van der Waals surface area contributed by atoms with Gasteiger partial charge in [-0.2, -0.15) is 5.10 Å². The van der Waals surface area contributed by atoms with Crippen LogP contribution >= 0.6 is 11.6 Å². The zero-order valence-electron chi connectivity index (χ0n) is 12.7. The highest BCUT2D eigenvalue weighted by atomic mass is 35.5. The molecule has 0 aliphatic heterocycles. The van der Waals surface area contributed by atoms with Crippen molar-refractivity contribution in [2.24, 2.45) is 5.10 Å². The van der Waals surface area contributed by atoms with E-state index in [4.69, 9.17) is 16.0 Å². The second-order valence-corrected chi connectivity index (χ2v) is 5.36. The molecule has 0 unspecified atom stereocenters. The van der Waals surface area contributed by atoms with Crippen LogP contribution in [0.5, 0.6) is 0 Å². The van der Waals surface area contributed by atoms with Crippen molar-refractivity contribution in [3.8, 4) is 11.3 Å². The minimum atomic E-state index is -0.448. The van der Waals surface area contributed by atoms with E-state index in [1.807, 2.05) is 31.2 Å². The number of hydrogen-bond acceptors (Lipinski definition) is 5. The molecule has 7 heteroatoms.